The summed E-state index contributed by atoms with van der Waals surface area (Å²) in [5, 5.41) is 7.87. The van der Waals surface area contributed by atoms with Crippen LogP contribution in [0.5, 0.6) is 0 Å². The number of hydrogen-bond acceptors (Lipinski definition) is 6. The number of rotatable bonds is 3. The lowest BCUT2D eigenvalue weighted by molar-refractivity contribution is 0.0958. The second-order valence-electron chi connectivity index (χ2n) is 3.74. The molecule has 94 valence electrons. The molecule has 0 atom stereocenters. The number of carbonyl (C=O) groups excluding carboxylic acids is 1. The average molecular weight is 280 g/mol. The number of hydrazone groups is 1. The Morgan fingerprint density at radius 2 is 2.17 bits per heavy atom. The largest absolute Gasteiger partial charge is 0.285 e. The van der Waals surface area contributed by atoms with Crippen molar-refractivity contribution in [2.75, 3.05) is 0 Å². The second kappa shape index (κ2) is 5.36. The maximum Gasteiger partial charge on any atom is 0.285 e. The Morgan fingerprint density at radius 3 is 2.72 bits per heavy atom. The molecule has 0 saturated heterocycles. The van der Waals surface area contributed by atoms with Crippen LogP contribution in [0.2, 0.25) is 0 Å². The number of hydrogen-bond donors (Lipinski definition) is 1. The van der Waals surface area contributed by atoms with E-state index in [2.05, 4.69) is 20.1 Å². The minimum absolute atomic E-state index is 0.268. The summed E-state index contributed by atoms with van der Waals surface area (Å²) in [5.74, 6) is -0.268. The van der Waals surface area contributed by atoms with Crippen molar-refractivity contribution in [3.8, 4) is 0 Å². The van der Waals surface area contributed by atoms with E-state index < -0.39 is 0 Å². The van der Waals surface area contributed by atoms with Crippen LogP contribution in [0.4, 0.5) is 0 Å². The topological polar surface area (TPSA) is 67.2 Å². The van der Waals surface area contributed by atoms with Gasteiger partial charge in [0, 0.05) is 4.88 Å². The number of aryl methyl sites for hydroxylation is 2. The Balaban J connectivity index is 2.07. The van der Waals surface area contributed by atoms with Gasteiger partial charge in [0.15, 0.2) is 0 Å². The van der Waals surface area contributed by atoms with E-state index in [4.69, 9.17) is 0 Å². The smallest absolute Gasteiger partial charge is 0.266 e. The van der Waals surface area contributed by atoms with Crippen LogP contribution < -0.4 is 5.43 Å². The van der Waals surface area contributed by atoms with Gasteiger partial charge in [-0.3, -0.25) is 4.79 Å². The number of nitrogens with one attached hydrogen (secondary N) is 1. The molecule has 0 bridgehead atoms. The van der Waals surface area contributed by atoms with Crippen molar-refractivity contribution >= 4 is 34.5 Å². The highest BCUT2D eigenvalue weighted by Crippen LogP contribution is 2.15. The van der Waals surface area contributed by atoms with E-state index >= 15 is 0 Å². The highest BCUT2D eigenvalue weighted by molar-refractivity contribution is 7.14. The Labute approximate surface area is 113 Å². The van der Waals surface area contributed by atoms with Gasteiger partial charge in [0.2, 0.25) is 0 Å². The van der Waals surface area contributed by atoms with Crippen molar-refractivity contribution in [2.45, 2.75) is 20.8 Å². The minimum atomic E-state index is -0.268. The van der Waals surface area contributed by atoms with Gasteiger partial charge in [-0.2, -0.15) is 5.10 Å². The Hall–Kier alpha value is -1.60. The standard InChI is InChI=1S/C11H12N4OS2/c1-6-4-5-9(17-6)7(2)12-14-11(16)10-8(3)13-15-18-10/h4-5H,1-3H3,(H,14,16)/b12-7+. The third-order valence-corrected chi connectivity index (χ3v) is 4.22. The molecule has 0 aliphatic heterocycles. The van der Waals surface area contributed by atoms with Crippen molar-refractivity contribution in [3.05, 3.63) is 32.5 Å². The number of nitrogens with zero attached hydrogens (tertiary/aromatic N) is 3. The van der Waals surface area contributed by atoms with Crippen LogP contribution in [0.3, 0.4) is 0 Å². The average Bonchev–Trinajstić information content (AvgIpc) is 2.94. The van der Waals surface area contributed by atoms with E-state index in [1.165, 1.54) is 4.88 Å². The van der Waals surface area contributed by atoms with Crippen molar-refractivity contribution in [3.63, 3.8) is 0 Å². The van der Waals surface area contributed by atoms with Gasteiger partial charge in [0.25, 0.3) is 5.91 Å². The molecule has 1 amide bonds. The van der Waals surface area contributed by atoms with Gasteiger partial charge >= 0.3 is 0 Å². The van der Waals surface area contributed by atoms with Crippen molar-refractivity contribution in [2.24, 2.45) is 5.10 Å². The van der Waals surface area contributed by atoms with Crippen LogP contribution in [0.1, 0.15) is 32.0 Å². The highest BCUT2D eigenvalue weighted by Gasteiger charge is 2.12. The molecular weight excluding hydrogens is 268 g/mol. The molecule has 0 fully saturated rings. The van der Waals surface area contributed by atoms with Gasteiger partial charge in [0.05, 0.1) is 16.3 Å². The summed E-state index contributed by atoms with van der Waals surface area (Å²) >= 11 is 2.71. The van der Waals surface area contributed by atoms with E-state index in [0.717, 1.165) is 22.1 Å². The molecule has 2 aromatic heterocycles. The lowest BCUT2D eigenvalue weighted by Gasteiger charge is -1.99. The number of thiophene rings is 1. The fourth-order valence-electron chi connectivity index (χ4n) is 1.31. The van der Waals surface area contributed by atoms with Gasteiger partial charge < -0.3 is 0 Å². The Morgan fingerprint density at radius 1 is 1.39 bits per heavy atom. The number of aromatic nitrogens is 2. The Bertz CT molecular complexity index is 600. The summed E-state index contributed by atoms with van der Waals surface area (Å²) in [4.78, 5) is 14.5. The molecule has 7 heteroatoms. The molecule has 18 heavy (non-hydrogen) atoms. The first-order chi connectivity index (χ1) is 8.58. The molecule has 1 N–H and O–H groups in total. The molecule has 2 heterocycles. The summed E-state index contributed by atoms with van der Waals surface area (Å²) in [5.41, 5.74) is 3.93. The van der Waals surface area contributed by atoms with Gasteiger partial charge in [-0.1, -0.05) is 4.49 Å². The monoisotopic (exact) mass is 280 g/mol. The number of carbonyl (C=O) groups is 1. The molecule has 0 spiro atoms. The molecular formula is C11H12N4OS2. The van der Waals surface area contributed by atoms with Crippen LogP contribution in [0, 0.1) is 13.8 Å². The third kappa shape index (κ3) is 2.80. The first kappa shape index (κ1) is 12.8. The molecule has 0 aromatic carbocycles. The predicted octanol–water partition coefficient (Wildman–Crippen LogP) is 2.37. The van der Waals surface area contributed by atoms with E-state index in [9.17, 15) is 4.79 Å². The molecule has 0 aliphatic rings. The summed E-state index contributed by atoms with van der Waals surface area (Å²) < 4.78 is 3.72. The number of amides is 1. The van der Waals surface area contributed by atoms with Gasteiger partial charge in [-0.05, 0) is 44.4 Å². The van der Waals surface area contributed by atoms with Crippen LogP contribution in [-0.4, -0.2) is 21.2 Å². The zero-order chi connectivity index (χ0) is 13.1. The highest BCUT2D eigenvalue weighted by atomic mass is 32.1. The maximum atomic E-state index is 11.8. The first-order valence-electron chi connectivity index (χ1n) is 5.28. The molecule has 2 rings (SSSR count). The molecule has 0 radical (unpaired) electrons. The summed E-state index contributed by atoms with van der Waals surface area (Å²) in [6.07, 6.45) is 0. The minimum Gasteiger partial charge on any atom is -0.266 e. The third-order valence-electron chi connectivity index (χ3n) is 2.28. The quantitative estimate of drug-likeness (QED) is 0.693. The Kier molecular flexibility index (Phi) is 3.83. The fraction of sp³-hybridized carbons (Fsp3) is 0.273. The normalized spacial score (nSPS) is 11.6. The van der Waals surface area contributed by atoms with Crippen molar-refractivity contribution < 1.29 is 4.79 Å². The summed E-state index contributed by atoms with van der Waals surface area (Å²) in [6, 6.07) is 4.02. The van der Waals surface area contributed by atoms with Crippen molar-refractivity contribution in [1.82, 2.24) is 15.0 Å². The molecule has 0 unspecified atom stereocenters. The van der Waals surface area contributed by atoms with Crippen LogP contribution in [0.25, 0.3) is 0 Å². The second-order valence-corrected chi connectivity index (χ2v) is 5.78. The predicted molar refractivity (Wildman–Crippen MR) is 73.4 cm³/mol. The van der Waals surface area contributed by atoms with Crippen LogP contribution >= 0.6 is 22.9 Å². The zero-order valence-electron chi connectivity index (χ0n) is 10.2. The molecule has 0 saturated carbocycles. The first-order valence-corrected chi connectivity index (χ1v) is 6.87. The summed E-state index contributed by atoms with van der Waals surface area (Å²) in [7, 11) is 0. The zero-order valence-corrected chi connectivity index (χ0v) is 11.9. The molecule has 2 aromatic rings. The van der Waals surface area contributed by atoms with E-state index in [-0.39, 0.29) is 5.91 Å². The molecule has 5 nitrogen and oxygen atoms in total. The van der Waals surface area contributed by atoms with E-state index in [1.807, 2.05) is 26.0 Å². The van der Waals surface area contributed by atoms with Gasteiger partial charge in [-0.25, -0.2) is 5.43 Å². The maximum absolute atomic E-state index is 11.8. The van der Waals surface area contributed by atoms with Crippen LogP contribution in [-0.2, 0) is 0 Å². The van der Waals surface area contributed by atoms with Crippen molar-refractivity contribution in [1.29, 1.82) is 0 Å². The molecule has 0 aliphatic carbocycles. The van der Waals surface area contributed by atoms with Crippen LogP contribution in [0.15, 0.2) is 17.2 Å². The lowest BCUT2D eigenvalue weighted by Crippen LogP contribution is -2.18. The fourth-order valence-corrected chi connectivity index (χ4v) is 2.67. The SMILES string of the molecule is C/C(=N\NC(=O)c1snnc1C)c1ccc(C)s1. The summed E-state index contributed by atoms with van der Waals surface area (Å²) in [6.45, 7) is 5.65. The van der Waals surface area contributed by atoms with Gasteiger partial charge in [-0.15, -0.1) is 16.4 Å². The van der Waals surface area contributed by atoms with E-state index in [1.54, 1.807) is 18.3 Å². The van der Waals surface area contributed by atoms with E-state index in [0.29, 0.717) is 10.6 Å². The lowest BCUT2D eigenvalue weighted by atomic mass is 10.3. The van der Waals surface area contributed by atoms with Gasteiger partial charge in [0.1, 0.15) is 4.88 Å².